The van der Waals surface area contributed by atoms with Gasteiger partial charge in [0.1, 0.15) is 6.61 Å². The van der Waals surface area contributed by atoms with Gasteiger partial charge in [0.05, 0.1) is 29.5 Å². The van der Waals surface area contributed by atoms with Crippen LogP contribution in [0.2, 0.25) is 0 Å². The number of urea groups is 1. The zero-order chi connectivity index (χ0) is 21.7. The minimum Gasteiger partial charge on any atom is -0.463 e. The monoisotopic (exact) mass is 409 g/mol. The Morgan fingerprint density at radius 3 is 2.47 bits per heavy atom. The number of hydrogen-bond donors (Lipinski definition) is 3. The quantitative estimate of drug-likeness (QED) is 0.498. The zero-order valence-electron chi connectivity index (χ0n) is 16.7. The van der Waals surface area contributed by atoms with E-state index < -0.39 is 24.0 Å². The van der Waals surface area contributed by atoms with Gasteiger partial charge in [0.2, 0.25) is 0 Å². The third-order valence-electron chi connectivity index (χ3n) is 4.67. The molecule has 0 spiro atoms. The number of anilines is 1. The third kappa shape index (κ3) is 4.43. The molecule has 2 amide bonds. The molecule has 0 bridgehead atoms. The Morgan fingerprint density at radius 1 is 1.03 bits per heavy atom. The Hall–Kier alpha value is -3.81. The number of carbonyl (C=O) groups is 3. The van der Waals surface area contributed by atoms with Gasteiger partial charge in [-0.05, 0) is 31.0 Å². The standard InChI is InChI=1S/C22H23N3O5/c1-3-29-21(27)17-16(12-30-20(26)15-11-7-8-13(2)18(15)23)24-22(28)25-19(17)14-9-5-4-6-10-14/h4-11,19H,3,12,23H2,1-2H3,(H2,24,25,28). The van der Waals surface area contributed by atoms with Gasteiger partial charge in [0.25, 0.3) is 0 Å². The molecule has 0 aromatic heterocycles. The van der Waals surface area contributed by atoms with Crippen LogP contribution in [0.1, 0.15) is 34.5 Å². The van der Waals surface area contributed by atoms with Gasteiger partial charge >= 0.3 is 18.0 Å². The second-order valence-corrected chi connectivity index (χ2v) is 6.67. The molecule has 1 aliphatic heterocycles. The van der Waals surface area contributed by atoms with Crippen LogP contribution in [0, 0.1) is 6.92 Å². The highest BCUT2D eigenvalue weighted by Gasteiger charge is 2.34. The molecule has 0 saturated carbocycles. The fourth-order valence-electron chi connectivity index (χ4n) is 3.15. The van der Waals surface area contributed by atoms with Crippen molar-refractivity contribution in [3.8, 4) is 0 Å². The van der Waals surface area contributed by atoms with Gasteiger partial charge in [-0.25, -0.2) is 14.4 Å². The number of nitrogen functional groups attached to an aromatic ring is 1. The lowest BCUT2D eigenvalue weighted by Gasteiger charge is -2.29. The maximum Gasteiger partial charge on any atom is 0.340 e. The van der Waals surface area contributed by atoms with E-state index in [0.717, 1.165) is 5.56 Å². The van der Waals surface area contributed by atoms with Crippen molar-refractivity contribution in [2.75, 3.05) is 18.9 Å². The fourth-order valence-corrected chi connectivity index (χ4v) is 3.15. The number of para-hydroxylation sites is 1. The van der Waals surface area contributed by atoms with Gasteiger partial charge in [0.15, 0.2) is 0 Å². The number of amides is 2. The summed E-state index contributed by atoms with van der Waals surface area (Å²) >= 11 is 0. The Balaban J connectivity index is 1.93. The summed E-state index contributed by atoms with van der Waals surface area (Å²) in [5.74, 6) is -1.27. The second kappa shape index (κ2) is 9.13. The maximum absolute atomic E-state index is 12.7. The van der Waals surface area contributed by atoms with E-state index >= 15 is 0 Å². The van der Waals surface area contributed by atoms with Crippen molar-refractivity contribution in [1.82, 2.24) is 10.6 Å². The molecule has 1 atom stereocenters. The fraction of sp³-hybridized carbons (Fsp3) is 0.227. The normalized spacial score (nSPS) is 15.8. The SMILES string of the molecule is CCOC(=O)C1=C(COC(=O)c2cccc(C)c2N)NC(=O)NC1c1ccccc1. The largest absolute Gasteiger partial charge is 0.463 e. The van der Waals surface area contributed by atoms with Crippen LogP contribution in [0.15, 0.2) is 59.8 Å². The van der Waals surface area contributed by atoms with Crippen molar-refractivity contribution in [3.63, 3.8) is 0 Å². The van der Waals surface area contributed by atoms with Gasteiger partial charge in [0, 0.05) is 5.69 Å². The van der Waals surface area contributed by atoms with Gasteiger partial charge in [-0.15, -0.1) is 0 Å². The Kier molecular flexibility index (Phi) is 6.36. The van der Waals surface area contributed by atoms with E-state index in [-0.39, 0.29) is 30.0 Å². The molecule has 1 aliphatic rings. The molecule has 0 saturated heterocycles. The number of ether oxygens (including phenoxy) is 2. The molecule has 2 aromatic rings. The third-order valence-corrected chi connectivity index (χ3v) is 4.67. The molecule has 30 heavy (non-hydrogen) atoms. The first-order valence-corrected chi connectivity index (χ1v) is 9.47. The van der Waals surface area contributed by atoms with E-state index in [9.17, 15) is 14.4 Å². The number of hydrogen-bond acceptors (Lipinski definition) is 6. The summed E-state index contributed by atoms with van der Waals surface area (Å²) in [6.45, 7) is 3.30. The second-order valence-electron chi connectivity index (χ2n) is 6.67. The molecule has 4 N–H and O–H groups in total. The van der Waals surface area contributed by atoms with Gasteiger partial charge < -0.3 is 25.8 Å². The number of aryl methyl sites for hydroxylation is 1. The van der Waals surface area contributed by atoms with E-state index in [1.807, 2.05) is 6.07 Å². The topological polar surface area (TPSA) is 120 Å². The van der Waals surface area contributed by atoms with Crippen molar-refractivity contribution in [2.45, 2.75) is 19.9 Å². The number of nitrogens with two attached hydrogens (primary N) is 1. The Labute approximate surface area is 174 Å². The smallest absolute Gasteiger partial charge is 0.340 e. The van der Waals surface area contributed by atoms with Gasteiger partial charge in [-0.1, -0.05) is 42.5 Å². The highest BCUT2D eigenvalue weighted by atomic mass is 16.5. The van der Waals surface area contributed by atoms with Crippen LogP contribution in [-0.2, 0) is 14.3 Å². The summed E-state index contributed by atoms with van der Waals surface area (Å²) in [5, 5.41) is 5.28. The number of esters is 2. The molecule has 3 rings (SSSR count). The molecule has 0 radical (unpaired) electrons. The van der Waals surface area contributed by atoms with Gasteiger partial charge in [-0.2, -0.15) is 0 Å². The molecule has 156 valence electrons. The molecular formula is C22H23N3O5. The maximum atomic E-state index is 12.7. The number of nitrogens with one attached hydrogen (secondary N) is 2. The van der Waals surface area contributed by atoms with Crippen LogP contribution in [-0.4, -0.2) is 31.2 Å². The summed E-state index contributed by atoms with van der Waals surface area (Å²) in [6.07, 6.45) is 0. The summed E-state index contributed by atoms with van der Waals surface area (Å²) < 4.78 is 10.5. The summed E-state index contributed by atoms with van der Waals surface area (Å²) in [7, 11) is 0. The Bertz CT molecular complexity index is 1000. The van der Waals surface area contributed by atoms with Crippen LogP contribution in [0.25, 0.3) is 0 Å². The summed E-state index contributed by atoms with van der Waals surface area (Å²) in [4.78, 5) is 37.4. The minimum absolute atomic E-state index is 0.157. The van der Waals surface area contributed by atoms with E-state index in [4.69, 9.17) is 15.2 Å². The predicted octanol–water partition coefficient (Wildman–Crippen LogP) is 2.61. The molecule has 0 fully saturated rings. The molecule has 2 aromatic carbocycles. The molecule has 0 aliphatic carbocycles. The average molecular weight is 409 g/mol. The van der Waals surface area contributed by atoms with Crippen LogP contribution in [0.5, 0.6) is 0 Å². The Morgan fingerprint density at radius 2 is 1.77 bits per heavy atom. The molecule has 1 unspecified atom stereocenters. The van der Waals surface area contributed by atoms with E-state index in [2.05, 4.69) is 10.6 Å². The molecule has 8 heteroatoms. The lowest BCUT2D eigenvalue weighted by molar-refractivity contribution is -0.139. The van der Waals surface area contributed by atoms with Crippen molar-refractivity contribution in [3.05, 3.63) is 76.5 Å². The van der Waals surface area contributed by atoms with Crippen molar-refractivity contribution in [1.29, 1.82) is 0 Å². The average Bonchev–Trinajstić information content (AvgIpc) is 2.74. The van der Waals surface area contributed by atoms with Crippen molar-refractivity contribution >= 4 is 23.7 Å². The first-order chi connectivity index (χ1) is 14.4. The molecular weight excluding hydrogens is 386 g/mol. The first kappa shape index (κ1) is 20.9. The highest BCUT2D eigenvalue weighted by Crippen LogP contribution is 2.28. The van der Waals surface area contributed by atoms with Crippen LogP contribution < -0.4 is 16.4 Å². The van der Waals surface area contributed by atoms with Gasteiger partial charge in [-0.3, -0.25) is 0 Å². The number of rotatable bonds is 6. The van der Waals surface area contributed by atoms with Crippen molar-refractivity contribution < 1.29 is 23.9 Å². The predicted molar refractivity (Wildman–Crippen MR) is 110 cm³/mol. The minimum atomic E-state index is -0.739. The number of benzene rings is 2. The lowest BCUT2D eigenvalue weighted by Crippen LogP contribution is -2.47. The molecule has 8 nitrogen and oxygen atoms in total. The molecule has 1 heterocycles. The highest BCUT2D eigenvalue weighted by molar-refractivity contribution is 5.97. The van der Waals surface area contributed by atoms with Crippen molar-refractivity contribution in [2.24, 2.45) is 0 Å². The lowest BCUT2D eigenvalue weighted by atomic mass is 9.95. The van der Waals surface area contributed by atoms with E-state index in [0.29, 0.717) is 11.3 Å². The summed E-state index contributed by atoms with van der Waals surface area (Å²) in [5.41, 5.74) is 8.27. The van der Waals surface area contributed by atoms with Crippen LogP contribution >= 0.6 is 0 Å². The van der Waals surface area contributed by atoms with Crippen LogP contribution in [0.4, 0.5) is 10.5 Å². The van der Waals surface area contributed by atoms with Crippen LogP contribution in [0.3, 0.4) is 0 Å². The van der Waals surface area contributed by atoms with E-state index in [1.165, 1.54) is 0 Å². The zero-order valence-corrected chi connectivity index (χ0v) is 16.7. The number of carbonyl (C=O) groups excluding carboxylic acids is 3. The first-order valence-electron chi connectivity index (χ1n) is 9.47. The summed E-state index contributed by atoms with van der Waals surface area (Å²) in [6, 6.07) is 12.8. The van der Waals surface area contributed by atoms with E-state index in [1.54, 1.807) is 56.3 Å².